The first-order chi connectivity index (χ1) is 8.38. The van der Waals surface area contributed by atoms with Crippen molar-refractivity contribution in [2.45, 2.75) is 12.6 Å². The molecule has 2 rings (SSSR count). The number of amides is 2. The second kappa shape index (κ2) is 4.32. The largest absolute Gasteiger partial charge is 0.439 e. The van der Waals surface area contributed by atoms with Crippen molar-refractivity contribution >= 4 is 17.7 Å². The molecule has 0 N–H and O–H groups in total. The molecule has 0 unspecified atom stereocenters. The number of benzene rings is 1. The lowest BCUT2D eigenvalue weighted by Gasteiger charge is -2.16. The van der Waals surface area contributed by atoms with Crippen LogP contribution >= 0.6 is 0 Å². The highest BCUT2D eigenvalue weighted by atomic mass is 19.4. The number of fused-ring (bicyclic) bond motifs is 1. The summed E-state index contributed by atoms with van der Waals surface area (Å²) in [5.74, 6) is -0.594. The molecule has 7 heteroatoms. The highest BCUT2D eigenvalue weighted by molar-refractivity contribution is 6.17. The number of carbonyl (C=O) groups is 2. The molecule has 0 aromatic heterocycles. The Bertz CT molecular complexity index is 499. The van der Waals surface area contributed by atoms with Crippen LogP contribution in [0, 0.1) is 0 Å². The van der Waals surface area contributed by atoms with Crippen LogP contribution in [0.2, 0.25) is 0 Å². The number of ether oxygens (including phenoxy) is 1. The van der Waals surface area contributed by atoms with E-state index in [1.165, 1.54) is 6.07 Å². The van der Waals surface area contributed by atoms with Crippen molar-refractivity contribution in [3.8, 4) is 0 Å². The number of nitrogens with zero attached hydrogens (tertiary/aromatic N) is 1. The Morgan fingerprint density at radius 3 is 2.67 bits per heavy atom. The highest BCUT2D eigenvalue weighted by Gasteiger charge is 2.36. The van der Waals surface area contributed by atoms with Crippen LogP contribution in [-0.2, 0) is 16.0 Å². The van der Waals surface area contributed by atoms with Crippen molar-refractivity contribution in [3.63, 3.8) is 0 Å². The van der Waals surface area contributed by atoms with E-state index >= 15 is 0 Å². The Hall–Kier alpha value is -2.05. The maximum atomic E-state index is 11.9. The Morgan fingerprint density at radius 2 is 2.00 bits per heavy atom. The van der Waals surface area contributed by atoms with E-state index in [1.54, 1.807) is 18.2 Å². The summed E-state index contributed by atoms with van der Waals surface area (Å²) in [7, 11) is 0. The lowest BCUT2D eigenvalue weighted by molar-refractivity contribution is -0.160. The molecule has 0 bridgehead atoms. The van der Waals surface area contributed by atoms with Crippen molar-refractivity contribution < 1.29 is 27.5 Å². The maximum Gasteiger partial charge on any atom is 0.422 e. The summed E-state index contributed by atoms with van der Waals surface area (Å²) in [5, 5.41) is 0. The molecule has 4 nitrogen and oxygen atoms in total. The van der Waals surface area contributed by atoms with Gasteiger partial charge in [0.15, 0.2) is 6.61 Å². The van der Waals surface area contributed by atoms with Gasteiger partial charge < -0.3 is 4.74 Å². The van der Waals surface area contributed by atoms with E-state index in [0.717, 1.165) is 0 Å². The number of hydrogen-bond donors (Lipinski definition) is 0. The average molecular weight is 259 g/mol. The van der Waals surface area contributed by atoms with Crippen molar-refractivity contribution in [1.29, 1.82) is 0 Å². The van der Waals surface area contributed by atoms with Crippen molar-refractivity contribution in [2.75, 3.05) is 11.5 Å². The molecular formula is C11H8F3NO3. The van der Waals surface area contributed by atoms with Gasteiger partial charge in [-0.15, -0.1) is 0 Å². The number of rotatable bonds is 1. The number of hydrogen-bond acceptors (Lipinski definition) is 3. The predicted octanol–water partition coefficient (Wildman–Crippen LogP) is 2.27. The lowest BCUT2D eigenvalue weighted by atomic mass is 10.2. The van der Waals surface area contributed by atoms with E-state index in [9.17, 15) is 22.8 Å². The Kier molecular flexibility index (Phi) is 2.98. The molecule has 0 radical (unpaired) electrons. The standard InChI is InChI=1S/C11H8F3NO3/c12-11(13,14)6-18-10(17)15-8-4-2-1-3-7(8)5-9(15)16/h1-4H,5-6H2. The van der Waals surface area contributed by atoms with Crippen LogP contribution in [0.15, 0.2) is 24.3 Å². The molecule has 0 fully saturated rings. The molecule has 1 aliphatic heterocycles. The molecule has 1 heterocycles. The zero-order chi connectivity index (χ0) is 13.3. The fourth-order valence-electron chi connectivity index (χ4n) is 1.66. The number of anilines is 1. The number of carbonyl (C=O) groups excluding carboxylic acids is 2. The van der Waals surface area contributed by atoms with Crippen LogP contribution in [0.4, 0.5) is 23.7 Å². The van der Waals surface area contributed by atoms with E-state index in [4.69, 9.17) is 0 Å². The van der Waals surface area contributed by atoms with Gasteiger partial charge in [0.1, 0.15) is 0 Å². The van der Waals surface area contributed by atoms with E-state index in [2.05, 4.69) is 4.74 Å². The minimum absolute atomic E-state index is 0.0166. The van der Waals surface area contributed by atoms with Gasteiger partial charge in [0, 0.05) is 0 Å². The van der Waals surface area contributed by atoms with Crippen LogP contribution < -0.4 is 4.90 Å². The first-order valence-electron chi connectivity index (χ1n) is 5.03. The summed E-state index contributed by atoms with van der Waals surface area (Å²) in [6.07, 6.45) is -5.93. The van der Waals surface area contributed by atoms with Crippen LogP contribution in [0.25, 0.3) is 0 Å². The highest BCUT2D eigenvalue weighted by Crippen LogP contribution is 2.29. The van der Waals surface area contributed by atoms with Gasteiger partial charge >= 0.3 is 12.3 Å². The molecule has 1 aromatic rings. The first kappa shape index (κ1) is 12.4. The quantitative estimate of drug-likeness (QED) is 0.777. The Labute approximate surface area is 99.9 Å². The van der Waals surface area contributed by atoms with Crippen molar-refractivity contribution in [1.82, 2.24) is 0 Å². The summed E-state index contributed by atoms with van der Waals surface area (Å²) in [6.45, 7) is -1.71. The SMILES string of the molecule is O=C1Cc2ccccc2N1C(=O)OCC(F)(F)F. The molecule has 0 aliphatic carbocycles. The van der Waals surface area contributed by atoms with Gasteiger partial charge in [-0.1, -0.05) is 18.2 Å². The van der Waals surface area contributed by atoms with E-state index in [0.29, 0.717) is 10.5 Å². The average Bonchev–Trinajstić information content (AvgIpc) is 2.61. The van der Waals surface area contributed by atoms with Crippen molar-refractivity contribution in [2.24, 2.45) is 0 Å². The second-order valence-corrected chi connectivity index (χ2v) is 3.70. The molecule has 0 saturated carbocycles. The van der Waals surface area contributed by atoms with Gasteiger partial charge in [-0.25, -0.2) is 9.69 Å². The number of para-hydroxylation sites is 1. The van der Waals surface area contributed by atoms with E-state index in [-0.39, 0.29) is 12.1 Å². The summed E-state index contributed by atoms with van der Waals surface area (Å²) in [4.78, 5) is 23.6. The zero-order valence-corrected chi connectivity index (χ0v) is 9.03. The minimum atomic E-state index is -4.61. The number of imide groups is 1. The number of alkyl halides is 3. The maximum absolute atomic E-state index is 11.9. The van der Waals surface area contributed by atoms with Crippen LogP contribution in [-0.4, -0.2) is 24.8 Å². The Balaban J connectivity index is 2.14. The van der Waals surface area contributed by atoms with Crippen LogP contribution in [0.5, 0.6) is 0 Å². The van der Waals surface area contributed by atoms with Gasteiger partial charge in [-0.05, 0) is 11.6 Å². The van der Waals surface area contributed by atoms with Crippen LogP contribution in [0.1, 0.15) is 5.56 Å². The summed E-state index contributed by atoms with van der Waals surface area (Å²) < 4.78 is 39.8. The van der Waals surface area contributed by atoms with E-state index in [1.807, 2.05) is 0 Å². The first-order valence-corrected chi connectivity index (χ1v) is 5.03. The summed E-state index contributed by atoms with van der Waals surface area (Å²) >= 11 is 0. The molecule has 1 aromatic carbocycles. The molecular weight excluding hydrogens is 251 g/mol. The number of halogens is 3. The van der Waals surface area contributed by atoms with Gasteiger partial charge in [0.05, 0.1) is 12.1 Å². The fraction of sp³-hybridized carbons (Fsp3) is 0.273. The fourth-order valence-corrected chi connectivity index (χ4v) is 1.66. The topological polar surface area (TPSA) is 46.6 Å². The molecule has 0 saturated heterocycles. The van der Waals surface area contributed by atoms with Gasteiger partial charge in [-0.2, -0.15) is 13.2 Å². The molecule has 0 spiro atoms. The summed E-state index contributed by atoms with van der Waals surface area (Å²) in [5.41, 5.74) is 0.862. The zero-order valence-electron chi connectivity index (χ0n) is 9.03. The molecule has 1 aliphatic rings. The van der Waals surface area contributed by atoms with Gasteiger partial charge in [-0.3, -0.25) is 4.79 Å². The van der Waals surface area contributed by atoms with Gasteiger partial charge in [0.2, 0.25) is 5.91 Å². The normalized spacial score (nSPS) is 14.6. The van der Waals surface area contributed by atoms with Crippen LogP contribution in [0.3, 0.4) is 0 Å². The summed E-state index contributed by atoms with van der Waals surface area (Å²) in [6, 6.07) is 6.37. The smallest absolute Gasteiger partial charge is 0.422 e. The molecule has 18 heavy (non-hydrogen) atoms. The third-order valence-electron chi connectivity index (χ3n) is 2.37. The predicted molar refractivity (Wildman–Crippen MR) is 55.0 cm³/mol. The monoisotopic (exact) mass is 259 g/mol. The third kappa shape index (κ3) is 2.44. The lowest BCUT2D eigenvalue weighted by Crippen LogP contribution is -2.36. The molecule has 0 atom stereocenters. The third-order valence-corrected chi connectivity index (χ3v) is 2.37. The second-order valence-electron chi connectivity index (χ2n) is 3.70. The van der Waals surface area contributed by atoms with Crippen molar-refractivity contribution in [3.05, 3.63) is 29.8 Å². The molecule has 2 amide bonds. The van der Waals surface area contributed by atoms with E-state index < -0.39 is 24.8 Å². The van der Waals surface area contributed by atoms with Gasteiger partial charge in [0.25, 0.3) is 0 Å². The molecule has 96 valence electrons. The Morgan fingerprint density at radius 1 is 1.33 bits per heavy atom. The minimum Gasteiger partial charge on any atom is -0.439 e.